The molecule has 0 heterocycles. The van der Waals surface area contributed by atoms with E-state index in [1.807, 2.05) is 31.2 Å². The molecule has 112 valence electrons. The molecule has 3 heteroatoms. The third-order valence-corrected chi connectivity index (χ3v) is 3.32. The van der Waals surface area contributed by atoms with E-state index in [0.29, 0.717) is 6.61 Å². The zero-order chi connectivity index (χ0) is 15.1. The Hall–Kier alpha value is -2.00. The highest BCUT2D eigenvalue weighted by Crippen LogP contribution is 2.20. The average molecular weight is 285 g/mol. The quantitative estimate of drug-likeness (QED) is 0.774. The first kappa shape index (κ1) is 15.4. The first-order chi connectivity index (χ1) is 10.2. The number of hydrogen-bond acceptors (Lipinski definition) is 3. The molecule has 0 spiro atoms. The molecule has 0 saturated carbocycles. The third kappa shape index (κ3) is 4.50. The van der Waals surface area contributed by atoms with Crippen LogP contribution in [0, 0.1) is 0 Å². The van der Waals surface area contributed by atoms with Gasteiger partial charge in [-0.2, -0.15) is 0 Å². The molecule has 0 aliphatic carbocycles. The summed E-state index contributed by atoms with van der Waals surface area (Å²) in [6.45, 7) is 4.46. The van der Waals surface area contributed by atoms with Gasteiger partial charge in [0, 0.05) is 18.7 Å². The molecule has 0 atom stereocenters. The summed E-state index contributed by atoms with van der Waals surface area (Å²) in [6.07, 6.45) is 0. The molecule has 0 radical (unpaired) electrons. The number of methoxy groups -OCH3 is 1. The summed E-state index contributed by atoms with van der Waals surface area (Å²) in [5, 5.41) is 0. The number of hydrogen-bond donors (Lipinski definition) is 0. The van der Waals surface area contributed by atoms with Crippen LogP contribution in [0.15, 0.2) is 48.5 Å². The van der Waals surface area contributed by atoms with Crippen molar-refractivity contribution in [2.45, 2.75) is 20.0 Å². The lowest BCUT2D eigenvalue weighted by Gasteiger charge is -2.19. The zero-order valence-electron chi connectivity index (χ0n) is 13.0. The van der Waals surface area contributed by atoms with Gasteiger partial charge in [0.25, 0.3) is 0 Å². The summed E-state index contributed by atoms with van der Waals surface area (Å²) in [5.41, 5.74) is 2.49. The molecule has 0 aliphatic rings. The van der Waals surface area contributed by atoms with Gasteiger partial charge in [-0.1, -0.05) is 30.3 Å². The molecular formula is C18H23NO2. The molecule has 2 aromatic rings. The number of para-hydroxylation sites is 1. The molecule has 0 N–H and O–H groups in total. The number of nitrogens with zero attached hydrogens (tertiary/aromatic N) is 1. The average Bonchev–Trinajstić information content (AvgIpc) is 2.50. The van der Waals surface area contributed by atoms with E-state index in [2.05, 4.69) is 36.2 Å². The van der Waals surface area contributed by atoms with Gasteiger partial charge in [-0.15, -0.1) is 0 Å². The predicted octanol–water partition coefficient (Wildman–Crippen LogP) is 3.73. The van der Waals surface area contributed by atoms with Crippen molar-refractivity contribution in [1.82, 2.24) is 4.90 Å². The van der Waals surface area contributed by atoms with Gasteiger partial charge >= 0.3 is 0 Å². The van der Waals surface area contributed by atoms with Crippen molar-refractivity contribution in [3.05, 3.63) is 59.7 Å². The van der Waals surface area contributed by atoms with Crippen LogP contribution in [-0.2, 0) is 13.1 Å². The second-order valence-corrected chi connectivity index (χ2v) is 5.06. The van der Waals surface area contributed by atoms with Crippen LogP contribution in [0.1, 0.15) is 18.1 Å². The Kier molecular flexibility index (Phi) is 5.64. The maximum Gasteiger partial charge on any atom is 0.123 e. The molecule has 21 heavy (non-hydrogen) atoms. The normalized spacial score (nSPS) is 10.7. The van der Waals surface area contributed by atoms with E-state index in [1.165, 1.54) is 11.1 Å². The summed E-state index contributed by atoms with van der Waals surface area (Å²) < 4.78 is 10.9. The number of rotatable bonds is 7. The van der Waals surface area contributed by atoms with Crippen LogP contribution in [0.25, 0.3) is 0 Å². The largest absolute Gasteiger partial charge is 0.497 e. The Labute approximate surface area is 127 Å². The van der Waals surface area contributed by atoms with Gasteiger partial charge in [-0.05, 0) is 37.7 Å². The second kappa shape index (κ2) is 7.70. The smallest absolute Gasteiger partial charge is 0.123 e. The highest BCUT2D eigenvalue weighted by molar-refractivity contribution is 5.33. The molecule has 0 saturated heterocycles. The van der Waals surface area contributed by atoms with E-state index in [9.17, 15) is 0 Å². The van der Waals surface area contributed by atoms with E-state index in [-0.39, 0.29) is 0 Å². The van der Waals surface area contributed by atoms with Crippen LogP contribution in [0.4, 0.5) is 0 Å². The van der Waals surface area contributed by atoms with Gasteiger partial charge in [0.15, 0.2) is 0 Å². The fourth-order valence-electron chi connectivity index (χ4n) is 2.32. The molecule has 3 nitrogen and oxygen atoms in total. The van der Waals surface area contributed by atoms with Crippen molar-refractivity contribution in [2.24, 2.45) is 0 Å². The molecule has 0 aliphatic heterocycles. The summed E-state index contributed by atoms with van der Waals surface area (Å²) in [5.74, 6) is 1.87. The number of ether oxygens (including phenoxy) is 2. The summed E-state index contributed by atoms with van der Waals surface area (Å²) in [4.78, 5) is 2.28. The van der Waals surface area contributed by atoms with Crippen molar-refractivity contribution in [2.75, 3.05) is 20.8 Å². The van der Waals surface area contributed by atoms with Crippen molar-refractivity contribution in [3.63, 3.8) is 0 Å². The molecular weight excluding hydrogens is 262 g/mol. The van der Waals surface area contributed by atoms with E-state index >= 15 is 0 Å². The van der Waals surface area contributed by atoms with E-state index < -0.39 is 0 Å². The Balaban J connectivity index is 1.99. The van der Waals surface area contributed by atoms with Crippen molar-refractivity contribution < 1.29 is 9.47 Å². The van der Waals surface area contributed by atoms with Crippen LogP contribution < -0.4 is 9.47 Å². The lowest BCUT2D eigenvalue weighted by molar-refractivity contribution is 0.298. The van der Waals surface area contributed by atoms with Gasteiger partial charge in [0.05, 0.1) is 13.7 Å². The van der Waals surface area contributed by atoms with Gasteiger partial charge in [0.1, 0.15) is 11.5 Å². The van der Waals surface area contributed by atoms with E-state index in [0.717, 1.165) is 24.6 Å². The van der Waals surface area contributed by atoms with Gasteiger partial charge in [-0.25, -0.2) is 0 Å². The Bertz CT molecular complexity index is 551. The highest BCUT2D eigenvalue weighted by Gasteiger charge is 2.07. The van der Waals surface area contributed by atoms with Crippen LogP contribution >= 0.6 is 0 Å². The molecule has 0 bridgehead atoms. The first-order valence-corrected chi connectivity index (χ1v) is 7.25. The summed E-state index contributed by atoms with van der Waals surface area (Å²) in [7, 11) is 3.80. The lowest BCUT2D eigenvalue weighted by atomic mass is 10.1. The van der Waals surface area contributed by atoms with Crippen molar-refractivity contribution in [3.8, 4) is 11.5 Å². The minimum atomic E-state index is 0.694. The summed E-state index contributed by atoms with van der Waals surface area (Å²) in [6, 6.07) is 16.4. The highest BCUT2D eigenvalue weighted by atomic mass is 16.5. The molecule has 0 amide bonds. The van der Waals surface area contributed by atoms with Gasteiger partial charge < -0.3 is 9.47 Å². The topological polar surface area (TPSA) is 21.7 Å². The molecule has 2 rings (SSSR count). The van der Waals surface area contributed by atoms with Crippen LogP contribution in [-0.4, -0.2) is 25.7 Å². The van der Waals surface area contributed by atoms with Gasteiger partial charge in [0.2, 0.25) is 0 Å². The van der Waals surface area contributed by atoms with Crippen LogP contribution in [0.3, 0.4) is 0 Å². The Morgan fingerprint density at radius 1 is 0.952 bits per heavy atom. The van der Waals surface area contributed by atoms with E-state index in [1.54, 1.807) is 7.11 Å². The maximum absolute atomic E-state index is 5.68. The summed E-state index contributed by atoms with van der Waals surface area (Å²) >= 11 is 0. The monoisotopic (exact) mass is 285 g/mol. The molecule has 0 unspecified atom stereocenters. The Morgan fingerprint density at radius 3 is 2.33 bits per heavy atom. The zero-order valence-corrected chi connectivity index (χ0v) is 13.0. The lowest BCUT2D eigenvalue weighted by Crippen LogP contribution is -2.17. The standard InChI is InChI=1S/C18H23NO2/c1-4-21-18-8-6-5-7-16(18)14-19(2)13-15-9-11-17(20-3)12-10-15/h5-12H,4,13-14H2,1-3H3. The van der Waals surface area contributed by atoms with Gasteiger partial charge in [-0.3, -0.25) is 4.90 Å². The van der Waals surface area contributed by atoms with Crippen molar-refractivity contribution in [1.29, 1.82) is 0 Å². The first-order valence-electron chi connectivity index (χ1n) is 7.25. The molecule has 0 fully saturated rings. The number of benzene rings is 2. The predicted molar refractivity (Wildman–Crippen MR) is 85.8 cm³/mol. The minimum Gasteiger partial charge on any atom is -0.497 e. The third-order valence-electron chi connectivity index (χ3n) is 3.32. The fourth-order valence-corrected chi connectivity index (χ4v) is 2.32. The van der Waals surface area contributed by atoms with Crippen LogP contribution in [0.2, 0.25) is 0 Å². The SMILES string of the molecule is CCOc1ccccc1CN(C)Cc1ccc(OC)cc1. The minimum absolute atomic E-state index is 0.694. The van der Waals surface area contributed by atoms with E-state index in [4.69, 9.17) is 9.47 Å². The Morgan fingerprint density at radius 2 is 1.67 bits per heavy atom. The molecule has 2 aromatic carbocycles. The second-order valence-electron chi connectivity index (χ2n) is 5.06. The fraction of sp³-hybridized carbons (Fsp3) is 0.333. The molecule has 0 aromatic heterocycles. The van der Waals surface area contributed by atoms with Crippen LogP contribution in [0.5, 0.6) is 11.5 Å². The maximum atomic E-state index is 5.68. The van der Waals surface area contributed by atoms with Crippen molar-refractivity contribution >= 4 is 0 Å².